The molecule has 6 heteroatoms. The lowest BCUT2D eigenvalue weighted by Crippen LogP contribution is -2.23. The fourth-order valence-corrected chi connectivity index (χ4v) is 3.02. The molecule has 21 heavy (non-hydrogen) atoms. The van der Waals surface area contributed by atoms with Crippen molar-refractivity contribution >= 4 is 28.2 Å². The van der Waals surface area contributed by atoms with Gasteiger partial charge in [-0.3, -0.25) is 9.00 Å². The summed E-state index contributed by atoms with van der Waals surface area (Å²) in [7, 11) is -1.60. The third kappa shape index (κ3) is 3.54. The van der Waals surface area contributed by atoms with Gasteiger partial charge in [0, 0.05) is 15.5 Å². The molecule has 0 aliphatic carbocycles. The summed E-state index contributed by atoms with van der Waals surface area (Å²) >= 11 is 5.74. The van der Waals surface area contributed by atoms with Gasteiger partial charge in [-0.05, 0) is 49.4 Å². The Kier molecular flexibility index (Phi) is 4.85. The van der Waals surface area contributed by atoms with Crippen molar-refractivity contribution in [1.29, 1.82) is 0 Å². The number of benzene rings is 2. The standard InChI is InChI=1S/C15H11ClF2O2S/c1-9(21(20)12-5-3-11(16)4-6-12)15(19)10-2-7-13(17)14(18)8-10/h2-9H,1H3. The Morgan fingerprint density at radius 2 is 1.71 bits per heavy atom. The molecule has 2 aromatic carbocycles. The van der Waals surface area contributed by atoms with E-state index in [2.05, 4.69) is 0 Å². The average molecular weight is 329 g/mol. The Hall–Kier alpha value is -1.59. The van der Waals surface area contributed by atoms with Gasteiger partial charge in [-0.15, -0.1) is 0 Å². The van der Waals surface area contributed by atoms with Crippen LogP contribution in [0, 0.1) is 11.6 Å². The summed E-state index contributed by atoms with van der Waals surface area (Å²) in [4.78, 5) is 12.6. The van der Waals surface area contributed by atoms with Crippen molar-refractivity contribution in [3.8, 4) is 0 Å². The fraction of sp³-hybridized carbons (Fsp3) is 0.133. The average Bonchev–Trinajstić information content (AvgIpc) is 2.48. The van der Waals surface area contributed by atoms with Gasteiger partial charge in [0.25, 0.3) is 0 Å². The third-order valence-electron chi connectivity index (χ3n) is 2.94. The van der Waals surface area contributed by atoms with E-state index in [1.807, 2.05) is 0 Å². The highest BCUT2D eigenvalue weighted by Crippen LogP contribution is 2.19. The summed E-state index contributed by atoms with van der Waals surface area (Å²) in [6.07, 6.45) is 0. The quantitative estimate of drug-likeness (QED) is 0.795. The van der Waals surface area contributed by atoms with E-state index in [4.69, 9.17) is 11.6 Å². The summed E-state index contributed by atoms with van der Waals surface area (Å²) in [5.74, 6) is -2.65. The number of carbonyl (C=O) groups is 1. The molecule has 0 heterocycles. The van der Waals surface area contributed by atoms with Crippen LogP contribution >= 0.6 is 11.6 Å². The van der Waals surface area contributed by atoms with Crippen LogP contribution < -0.4 is 0 Å². The van der Waals surface area contributed by atoms with Crippen LogP contribution in [0.3, 0.4) is 0 Å². The van der Waals surface area contributed by atoms with Crippen molar-refractivity contribution in [2.75, 3.05) is 0 Å². The highest BCUT2D eigenvalue weighted by Gasteiger charge is 2.23. The molecular weight excluding hydrogens is 318 g/mol. The zero-order valence-electron chi connectivity index (χ0n) is 11.0. The summed E-state index contributed by atoms with van der Waals surface area (Å²) in [5.41, 5.74) is -0.0105. The molecule has 0 saturated heterocycles. The van der Waals surface area contributed by atoms with Crippen molar-refractivity contribution < 1.29 is 17.8 Å². The summed E-state index contributed by atoms with van der Waals surface area (Å²) in [5, 5.41) is -0.383. The van der Waals surface area contributed by atoms with Gasteiger partial charge in [0.2, 0.25) is 0 Å². The Labute approximate surface area is 128 Å². The van der Waals surface area contributed by atoms with Crippen LogP contribution in [0.4, 0.5) is 8.78 Å². The van der Waals surface area contributed by atoms with Crippen LogP contribution in [0.25, 0.3) is 0 Å². The molecule has 2 atom stereocenters. The van der Waals surface area contributed by atoms with Crippen LogP contribution in [0.15, 0.2) is 47.4 Å². The molecule has 110 valence electrons. The highest BCUT2D eigenvalue weighted by atomic mass is 35.5. The molecule has 2 unspecified atom stereocenters. The molecule has 0 bridgehead atoms. The van der Waals surface area contributed by atoms with Crippen LogP contribution in [-0.2, 0) is 10.8 Å². The number of ketones is 1. The van der Waals surface area contributed by atoms with E-state index in [1.54, 1.807) is 24.3 Å². The minimum absolute atomic E-state index is 0.0105. The second kappa shape index (κ2) is 6.45. The summed E-state index contributed by atoms with van der Waals surface area (Å²) < 4.78 is 38.3. The normalized spacial score (nSPS) is 13.7. The van der Waals surface area contributed by atoms with Crippen molar-refractivity contribution in [2.45, 2.75) is 17.1 Å². The lowest BCUT2D eigenvalue weighted by Gasteiger charge is -2.11. The first-order valence-electron chi connectivity index (χ1n) is 6.05. The first kappa shape index (κ1) is 15.8. The molecule has 2 rings (SSSR count). The zero-order valence-corrected chi connectivity index (χ0v) is 12.5. The van der Waals surface area contributed by atoms with E-state index < -0.39 is 33.5 Å². The molecule has 0 fully saturated rings. The number of halogens is 3. The molecule has 0 aromatic heterocycles. The molecule has 0 amide bonds. The minimum atomic E-state index is -1.60. The van der Waals surface area contributed by atoms with Crippen LogP contribution in [-0.4, -0.2) is 15.2 Å². The number of hydrogen-bond donors (Lipinski definition) is 0. The minimum Gasteiger partial charge on any atom is -0.293 e. The number of Topliss-reactive ketones (excluding diaryl/α,β-unsaturated/α-hetero) is 1. The van der Waals surface area contributed by atoms with Crippen molar-refractivity contribution in [3.05, 3.63) is 64.7 Å². The van der Waals surface area contributed by atoms with E-state index in [-0.39, 0.29) is 5.56 Å². The maximum atomic E-state index is 13.2. The number of rotatable bonds is 4. The Morgan fingerprint density at radius 3 is 2.29 bits per heavy atom. The molecule has 0 radical (unpaired) electrons. The smallest absolute Gasteiger partial charge is 0.178 e. The van der Waals surface area contributed by atoms with Gasteiger partial charge in [0.15, 0.2) is 17.4 Å². The largest absolute Gasteiger partial charge is 0.293 e. The molecule has 2 nitrogen and oxygen atoms in total. The summed E-state index contributed by atoms with van der Waals surface area (Å²) in [6, 6.07) is 9.14. The molecule has 0 N–H and O–H groups in total. The third-order valence-corrected chi connectivity index (χ3v) is 4.79. The Bertz CT molecular complexity index is 701. The van der Waals surface area contributed by atoms with E-state index in [1.165, 1.54) is 13.0 Å². The van der Waals surface area contributed by atoms with Crippen molar-refractivity contribution in [1.82, 2.24) is 0 Å². The Balaban J connectivity index is 2.24. The van der Waals surface area contributed by atoms with Gasteiger partial charge in [-0.25, -0.2) is 8.78 Å². The first-order chi connectivity index (χ1) is 9.90. The lowest BCUT2D eigenvalue weighted by molar-refractivity contribution is 0.0992. The lowest BCUT2D eigenvalue weighted by atomic mass is 10.1. The van der Waals surface area contributed by atoms with Gasteiger partial charge in [0.05, 0.1) is 16.0 Å². The monoisotopic (exact) mass is 328 g/mol. The van der Waals surface area contributed by atoms with Crippen LogP contribution in [0.2, 0.25) is 5.02 Å². The second-order valence-corrected chi connectivity index (χ2v) is 6.60. The van der Waals surface area contributed by atoms with E-state index in [0.717, 1.165) is 12.1 Å². The number of carbonyl (C=O) groups excluding carboxylic acids is 1. The van der Waals surface area contributed by atoms with Crippen molar-refractivity contribution in [3.63, 3.8) is 0 Å². The molecule has 2 aromatic rings. The molecule has 0 aliphatic heterocycles. The van der Waals surface area contributed by atoms with Crippen LogP contribution in [0.5, 0.6) is 0 Å². The fourth-order valence-electron chi connectivity index (χ4n) is 1.75. The van der Waals surface area contributed by atoms with Gasteiger partial charge in [-0.2, -0.15) is 0 Å². The number of hydrogen-bond acceptors (Lipinski definition) is 2. The maximum Gasteiger partial charge on any atom is 0.178 e. The van der Waals surface area contributed by atoms with Gasteiger partial charge in [-0.1, -0.05) is 11.6 Å². The summed E-state index contributed by atoms with van der Waals surface area (Å²) in [6.45, 7) is 1.48. The van der Waals surface area contributed by atoms with E-state index in [0.29, 0.717) is 9.92 Å². The molecule has 0 aliphatic rings. The molecular formula is C15H11ClF2O2S. The Morgan fingerprint density at radius 1 is 1.10 bits per heavy atom. The predicted molar refractivity (Wildman–Crippen MR) is 78.0 cm³/mol. The maximum absolute atomic E-state index is 13.2. The van der Waals surface area contributed by atoms with Crippen LogP contribution in [0.1, 0.15) is 17.3 Å². The first-order valence-corrected chi connectivity index (χ1v) is 7.64. The predicted octanol–water partition coefficient (Wildman–Crippen LogP) is 4.00. The highest BCUT2D eigenvalue weighted by molar-refractivity contribution is 7.86. The van der Waals surface area contributed by atoms with E-state index >= 15 is 0 Å². The second-order valence-electron chi connectivity index (χ2n) is 4.39. The van der Waals surface area contributed by atoms with Gasteiger partial charge < -0.3 is 0 Å². The van der Waals surface area contributed by atoms with Gasteiger partial charge in [0.1, 0.15) is 0 Å². The van der Waals surface area contributed by atoms with E-state index in [9.17, 15) is 17.8 Å². The SMILES string of the molecule is CC(C(=O)c1ccc(F)c(F)c1)S(=O)c1ccc(Cl)cc1. The molecule has 0 saturated carbocycles. The van der Waals surface area contributed by atoms with Gasteiger partial charge >= 0.3 is 0 Å². The zero-order chi connectivity index (χ0) is 15.6. The van der Waals surface area contributed by atoms with Crippen molar-refractivity contribution in [2.24, 2.45) is 0 Å². The topological polar surface area (TPSA) is 34.1 Å². The molecule has 0 spiro atoms.